The maximum atomic E-state index is 5.97. The van der Waals surface area contributed by atoms with E-state index in [0.717, 1.165) is 29.7 Å². The molecule has 1 aliphatic rings. The zero-order chi connectivity index (χ0) is 13.9. The Balaban J connectivity index is 1.65. The van der Waals surface area contributed by atoms with Gasteiger partial charge in [-0.1, -0.05) is 11.6 Å². The molecule has 0 saturated carbocycles. The van der Waals surface area contributed by atoms with E-state index in [1.165, 1.54) is 0 Å². The summed E-state index contributed by atoms with van der Waals surface area (Å²) in [5, 5.41) is 0.543. The minimum Gasteiger partial charge on any atom is -0.487 e. The van der Waals surface area contributed by atoms with Crippen LogP contribution in [0.2, 0.25) is 5.02 Å². The third kappa shape index (κ3) is 3.02. The van der Waals surface area contributed by atoms with E-state index in [9.17, 15) is 0 Å². The fourth-order valence-electron chi connectivity index (χ4n) is 2.11. The van der Waals surface area contributed by atoms with Gasteiger partial charge in [-0.3, -0.25) is 4.98 Å². The summed E-state index contributed by atoms with van der Waals surface area (Å²) in [6, 6.07) is 1.85. The molecule has 1 saturated heterocycles. The number of aromatic nitrogens is 3. The molecule has 1 unspecified atom stereocenters. The first-order valence-corrected chi connectivity index (χ1v) is 7.38. The molecule has 2 aromatic heterocycles. The van der Waals surface area contributed by atoms with Gasteiger partial charge in [0, 0.05) is 25.4 Å². The summed E-state index contributed by atoms with van der Waals surface area (Å²) in [5.41, 5.74) is 0. The van der Waals surface area contributed by atoms with Crippen molar-refractivity contribution in [1.82, 2.24) is 15.0 Å². The van der Waals surface area contributed by atoms with Gasteiger partial charge in [-0.15, -0.1) is 0 Å². The summed E-state index contributed by atoms with van der Waals surface area (Å²) in [6.07, 6.45) is 7.71. The van der Waals surface area contributed by atoms with E-state index in [4.69, 9.17) is 16.3 Å². The highest BCUT2D eigenvalue weighted by atomic mass is 79.9. The number of anilines is 1. The Labute approximate surface area is 130 Å². The monoisotopic (exact) mass is 354 g/mol. The Morgan fingerprint density at radius 2 is 2.10 bits per heavy atom. The lowest BCUT2D eigenvalue weighted by molar-refractivity contribution is 0.223. The number of hydrogen-bond donors (Lipinski definition) is 0. The molecule has 0 spiro atoms. The smallest absolute Gasteiger partial charge is 0.225 e. The molecule has 0 aromatic carbocycles. The first-order valence-electron chi connectivity index (χ1n) is 6.21. The van der Waals surface area contributed by atoms with Gasteiger partial charge >= 0.3 is 0 Å². The second-order valence-corrected chi connectivity index (χ2v) is 5.77. The summed E-state index contributed by atoms with van der Waals surface area (Å²) in [5.74, 6) is 1.50. The number of nitrogens with zero attached hydrogens (tertiary/aromatic N) is 4. The Morgan fingerprint density at radius 3 is 2.85 bits per heavy atom. The number of hydrogen-bond acceptors (Lipinski definition) is 5. The van der Waals surface area contributed by atoms with Crippen LogP contribution in [-0.4, -0.2) is 34.1 Å². The molecule has 104 valence electrons. The van der Waals surface area contributed by atoms with Gasteiger partial charge in [-0.25, -0.2) is 9.97 Å². The molecule has 0 N–H and O–H groups in total. The molecule has 1 aliphatic heterocycles. The van der Waals surface area contributed by atoms with E-state index in [1.807, 2.05) is 6.07 Å². The molecule has 2 aromatic rings. The van der Waals surface area contributed by atoms with Crippen molar-refractivity contribution in [3.8, 4) is 5.75 Å². The van der Waals surface area contributed by atoms with Gasteiger partial charge in [0.2, 0.25) is 5.95 Å². The molecular formula is C13H12BrClN4O. The van der Waals surface area contributed by atoms with E-state index < -0.39 is 0 Å². The van der Waals surface area contributed by atoms with E-state index in [2.05, 4.69) is 35.8 Å². The number of rotatable bonds is 3. The quantitative estimate of drug-likeness (QED) is 0.847. The predicted molar refractivity (Wildman–Crippen MR) is 80.2 cm³/mol. The molecule has 3 rings (SSSR count). The fraction of sp³-hybridized carbons (Fsp3) is 0.308. The molecule has 3 heterocycles. The van der Waals surface area contributed by atoms with Crippen LogP contribution in [0.25, 0.3) is 0 Å². The molecule has 0 radical (unpaired) electrons. The van der Waals surface area contributed by atoms with Crippen molar-refractivity contribution in [3.63, 3.8) is 0 Å². The molecule has 7 heteroatoms. The van der Waals surface area contributed by atoms with Gasteiger partial charge in [-0.2, -0.15) is 0 Å². The molecule has 5 nitrogen and oxygen atoms in total. The summed E-state index contributed by atoms with van der Waals surface area (Å²) >= 11 is 9.22. The van der Waals surface area contributed by atoms with Crippen molar-refractivity contribution in [3.05, 3.63) is 40.3 Å². The third-order valence-electron chi connectivity index (χ3n) is 3.06. The highest BCUT2D eigenvalue weighted by molar-refractivity contribution is 9.10. The summed E-state index contributed by atoms with van der Waals surface area (Å²) in [6.45, 7) is 1.63. The van der Waals surface area contributed by atoms with Crippen molar-refractivity contribution < 1.29 is 4.74 Å². The molecule has 0 bridgehead atoms. The van der Waals surface area contributed by atoms with Crippen LogP contribution in [-0.2, 0) is 0 Å². The fourth-order valence-corrected chi connectivity index (χ4v) is 2.55. The molecule has 0 aliphatic carbocycles. The normalized spacial score (nSPS) is 18.3. The van der Waals surface area contributed by atoms with Crippen LogP contribution < -0.4 is 9.64 Å². The van der Waals surface area contributed by atoms with Crippen LogP contribution in [0.4, 0.5) is 5.95 Å². The predicted octanol–water partition coefficient (Wildman–Crippen LogP) is 2.95. The number of halogens is 2. The van der Waals surface area contributed by atoms with Crippen LogP contribution in [0.5, 0.6) is 5.75 Å². The molecular weight excluding hydrogens is 344 g/mol. The van der Waals surface area contributed by atoms with Crippen molar-refractivity contribution in [2.75, 3.05) is 18.0 Å². The van der Waals surface area contributed by atoms with E-state index >= 15 is 0 Å². The topological polar surface area (TPSA) is 51.1 Å². The maximum Gasteiger partial charge on any atom is 0.225 e. The molecule has 0 amide bonds. The van der Waals surface area contributed by atoms with Gasteiger partial charge in [0.15, 0.2) is 0 Å². The zero-order valence-corrected chi connectivity index (χ0v) is 12.9. The van der Waals surface area contributed by atoms with E-state index in [0.29, 0.717) is 11.0 Å². The van der Waals surface area contributed by atoms with Gasteiger partial charge in [0.05, 0.1) is 28.4 Å². The molecule has 1 atom stereocenters. The highest BCUT2D eigenvalue weighted by Crippen LogP contribution is 2.27. The Hall–Kier alpha value is -1.40. The molecule has 1 fully saturated rings. The van der Waals surface area contributed by atoms with Crippen LogP contribution in [0.1, 0.15) is 6.42 Å². The highest BCUT2D eigenvalue weighted by Gasteiger charge is 2.26. The van der Waals surface area contributed by atoms with Crippen LogP contribution >= 0.6 is 27.5 Å². The van der Waals surface area contributed by atoms with Gasteiger partial charge in [0.25, 0.3) is 0 Å². The number of ether oxygens (including phenoxy) is 1. The first kappa shape index (κ1) is 13.6. The van der Waals surface area contributed by atoms with Crippen LogP contribution in [0.3, 0.4) is 0 Å². The van der Waals surface area contributed by atoms with Crippen molar-refractivity contribution in [2.45, 2.75) is 12.5 Å². The second-order valence-electron chi connectivity index (χ2n) is 4.48. The van der Waals surface area contributed by atoms with E-state index in [1.54, 1.807) is 24.8 Å². The lowest BCUT2D eigenvalue weighted by Crippen LogP contribution is -2.26. The average molecular weight is 356 g/mol. The van der Waals surface area contributed by atoms with Crippen molar-refractivity contribution >= 4 is 33.5 Å². The Kier molecular flexibility index (Phi) is 4.03. The Bertz CT molecular complexity index is 595. The molecule has 20 heavy (non-hydrogen) atoms. The van der Waals surface area contributed by atoms with Crippen molar-refractivity contribution in [2.24, 2.45) is 0 Å². The Morgan fingerprint density at radius 1 is 1.30 bits per heavy atom. The summed E-state index contributed by atoms with van der Waals surface area (Å²) < 4.78 is 6.83. The minimum atomic E-state index is 0.118. The zero-order valence-electron chi connectivity index (χ0n) is 10.5. The standard InChI is InChI=1S/C13H12BrClN4O/c14-11-7-16-3-1-12(11)20-10-2-4-19(8-10)13-17-5-9(15)6-18-13/h1,3,5-7,10H,2,4,8H2. The van der Waals surface area contributed by atoms with Crippen LogP contribution in [0, 0.1) is 0 Å². The van der Waals surface area contributed by atoms with E-state index in [-0.39, 0.29) is 6.10 Å². The van der Waals surface area contributed by atoms with Gasteiger partial charge < -0.3 is 9.64 Å². The maximum absolute atomic E-state index is 5.97. The lowest BCUT2D eigenvalue weighted by Gasteiger charge is -2.17. The largest absolute Gasteiger partial charge is 0.487 e. The SMILES string of the molecule is Clc1cnc(N2CCC(Oc3ccncc3Br)C2)nc1. The third-order valence-corrected chi connectivity index (χ3v) is 3.85. The minimum absolute atomic E-state index is 0.118. The van der Waals surface area contributed by atoms with Crippen LogP contribution in [0.15, 0.2) is 35.3 Å². The first-order chi connectivity index (χ1) is 9.72. The summed E-state index contributed by atoms with van der Waals surface area (Å²) in [4.78, 5) is 14.6. The van der Waals surface area contributed by atoms with Gasteiger partial charge in [-0.05, 0) is 22.0 Å². The average Bonchev–Trinajstić information content (AvgIpc) is 2.91. The summed E-state index contributed by atoms with van der Waals surface area (Å²) in [7, 11) is 0. The van der Waals surface area contributed by atoms with Gasteiger partial charge in [0.1, 0.15) is 11.9 Å². The van der Waals surface area contributed by atoms with Crippen molar-refractivity contribution in [1.29, 1.82) is 0 Å². The lowest BCUT2D eigenvalue weighted by atomic mass is 10.3. The second kappa shape index (κ2) is 5.93. The number of pyridine rings is 1.